The van der Waals surface area contributed by atoms with Crippen LogP contribution in [0, 0.1) is 29.1 Å². The third kappa shape index (κ3) is 3.55. The zero-order valence-electron chi connectivity index (χ0n) is 12.4. The molecule has 9 heteroatoms. The highest BCUT2D eigenvalue weighted by molar-refractivity contribution is 6.08. The van der Waals surface area contributed by atoms with Crippen molar-refractivity contribution in [2.75, 3.05) is 6.61 Å². The number of carbonyl (C=O) groups is 2. The summed E-state index contributed by atoms with van der Waals surface area (Å²) in [6.07, 6.45) is 1.87. The molecule has 1 aromatic carbocycles. The molecule has 0 atom stereocenters. The molecule has 0 aliphatic heterocycles. The van der Waals surface area contributed by atoms with Crippen LogP contribution < -0.4 is 5.32 Å². The number of allylic oxidation sites excluding steroid dienone is 1. The molecule has 0 radical (unpaired) electrons. The Kier molecular flexibility index (Phi) is 5.20. The second kappa shape index (κ2) is 6.98. The molecule has 1 saturated carbocycles. The van der Waals surface area contributed by atoms with Crippen molar-refractivity contribution >= 4 is 11.8 Å². The highest BCUT2D eigenvalue weighted by Gasteiger charge is 2.30. The molecule has 4 nitrogen and oxygen atoms in total. The van der Waals surface area contributed by atoms with E-state index in [9.17, 15) is 31.5 Å². The predicted molar refractivity (Wildman–Crippen MR) is 71.4 cm³/mol. The molecular weight excluding hydrogens is 337 g/mol. The number of hydrogen-bond acceptors (Lipinski definition) is 4. The topological polar surface area (TPSA) is 55.4 Å². The van der Waals surface area contributed by atoms with Crippen LogP contribution in [0.25, 0.3) is 0 Å². The van der Waals surface area contributed by atoms with E-state index < -0.39 is 52.1 Å². The largest absolute Gasteiger partial charge is 0.461 e. The number of hydrogen-bond donors (Lipinski definition) is 1. The van der Waals surface area contributed by atoms with Crippen LogP contribution in [-0.4, -0.2) is 24.4 Å². The quantitative estimate of drug-likeness (QED) is 0.214. The number of rotatable bonds is 6. The molecule has 130 valence electrons. The van der Waals surface area contributed by atoms with Gasteiger partial charge in [0.1, 0.15) is 5.70 Å². The number of esters is 1. The van der Waals surface area contributed by atoms with Crippen LogP contribution in [-0.2, 0) is 9.53 Å². The summed E-state index contributed by atoms with van der Waals surface area (Å²) in [5, 5.41) is 2.61. The third-order valence-corrected chi connectivity index (χ3v) is 3.16. The Labute approximate surface area is 133 Å². The maximum atomic E-state index is 13.6. The van der Waals surface area contributed by atoms with Crippen molar-refractivity contribution in [3.63, 3.8) is 0 Å². The Morgan fingerprint density at radius 3 is 2.00 bits per heavy atom. The Balaban J connectivity index is 2.43. The molecule has 1 N–H and O–H groups in total. The van der Waals surface area contributed by atoms with Crippen molar-refractivity contribution in [2.45, 2.75) is 25.8 Å². The van der Waals surface area contributed by atoms with E-state index in [2.05, 4.69) is 10.1 Å². The van der Waals surface area contributed by atoms with Gasteiger partial charge in [-0.05, 0) is 19.8 Å². The maximum Gasteiger partial charge on any atom is 0.354 e. The first kappa shape index (κ1) is 17.9. The lowest BCUT2D eigenvalue weighted by atomic mass is 10.1. The highest BCUT2D eigenvalue weighted by atomic mass is 19.2. The number of ether oxygens (including phenoxy) is 1. The first-order chi connectivity index (χ1) is 11.3. The molecule has 0 aromatic heterocycles. The molecule has 1 aromatic rings. The highest BCUT2D eigenvalue weighted by Crippen LogP contribution is 2.25. The molecule has 0 saturated heterocycles. The first-order valence-electron chi connectivity index (χ1n) is 6.99. The van der Waals surface area contributed by atoms with Crippen LogP contribution in [0.5, 0.6) is 0 Å². The molecule has 0 unspecified atom stereocenters. The van der Waals surface area contributed by atoms with E-state index in [-0.39, 0.29) is 12.6 Å². The zero-order valence-corrected chi connectivity index (χ0v) is 12.4. The molecule has 0 amide bonds. The minimum absolute atomic E-state index is 0.0285. The van der Waals surface area contributed by atoms with Gasteiger partial charge in [-0.25, -0.2) is 26.7 Å². The zero-order chi connectivity index (χ0) is 18.0. The van der Waals surface area contributed by atoms with E-state index in [4.69, 9.17) is 0 Å². The summed E-state index contributed by atoms with van der Waals surface area (Å²) >= 11 is 0. The van der Waals surface area contributed by atoms with E-state index in [0.717, 1.165) is 0 Å². The fourth-order valence-electron chi connectivity index (χ4n) is 1.84. The minimum atomic E-state index is -2.37. The average molecular weight is 349 g/mol. The van der Waals surface area contributed by atoms with E-state index in [1.54, 1.807) is 0 Å². The molecule has 0 spiro atoms. The van der Waals surface area contributed by atoms with Gasteiger partial charge >= 0.3 is 5.97 Å². The maximum absolute atomic E-state index is 13.6. The predicted octanol–water partition coefficient (Wildman–Crippen LogP) is 2.76. The molecule has 1 aliphatic rings. The number of halogens is 5. The summed E-state index contributed by atoms with van der Waals surface area (Å²) in [5.41, 5.74) is -2.04. The van der Waals surface area contributed by atoms with Crippen LogP contribution in [0.3, 0.4) is 0 Å². The van der Waals surface area contributed by atoms with Gasteiger partial charge < -0.3 is 10.1 Å². The summed E-state index contributed by atoms with van der Waals surface area (Å²) in [4.78, 5) is 23.7. The average Bonchev–Trinajstić information content (AvgIpc) is 3.35. The van der Waals surface area contributed by atoms with Gasteiger partial charge in [0.25, 0.3) is 0 Å². The van der Waals surface area contributed by atoms with Crippen molar-refractivity contribution in [2.24, 2.45) is 0 Å². The fraction of sp³-hybridized carbons (Fsp3) is 0.333. The third-order valence-electron chi connectivity index (χ3n) is 3.16. The van der Waals surface area contributed by atoms with Gasteiger partial charge in [-0.3, -0.25) is 4.79 Å². The normalized spacial score (nSPS) is 14.5. The van der Waals surface area contributed by atoms with Gasteiger partial charge in [0, 0.05) is 12.1 Å². The monoisotopic (exact) mass is 349 g/mol. The Morgan fingerprint density at radius 1 is 1.04 bits per heavy atom. The number of ketones is 1. The second-order valence-corrected chi connectivity index (χ2v) is 5.01. The summed E-state index contributed by atoms with van der Waals surface area (Å²) in [5.74, 6) is -13.9. The lowest BCUT2D eigenvalue weighted by molar-refractivity contribution is -0.139. The standard InChI is InChI=1S/C15H12F5NO3/c1-2-24-15(23)7(21-6-3-4-6)5-8(22)9-10(16)12(18)14(20)13(19)11(9)17/h5-6,21H,2-4H2,1H3/b7-5+. The molecule has 0 bridgehead atoms. The Morgan fingerprint density at radius 2 is 1.54 bits per heavy atom. The van der Waals surface area contributed by atoms with Gasteiger partial charge in [-0.1, -0.05) is 0 Å². The van der Waals surface area contributed by atoms with Crippen LogP contribution >= 0.6 is 0 Å². The molecule has 24 heavy (non-hydrogen) atoms. The summed E-state index contributed by atoms with van der Waals surface area (Å²) in [6.45, 7) is 1.47. The van der Waals surface area contributed by atoms with E-state index in [0.29, 0.717) is 18.9 Å². The molecular formula is C15H12F5NO3. The van der Waals surface area contributed by atoms with Crippen LogP contribution in [0.2, 0.25) is 0 Å². The van der Waals surface area contributed by atoms with E-state index in [1.807, 2.05) is 0 Å². The van der Waals surface area contributed by atoms with E-state index in [1.165, 1.54) is 6.92 Å². The smallest absolute Gasteiger partial charge is 0.354 e. The van der Waals surface area contributed by atoms with Crippen LogP contribution in [0.15, 0.2) is 11.8 Å². The Bertz CT molecular complexity index is 699. The van der Waals surface area contributed by atoms with Crippen LogP contribution in [0.1, 0.15) is 30.1 Å². The van der Waals surface area contributed by atoms with Crippen molar-refractivity contribution in [3.05, 3.63) is 46.4 Å². The van der Waals surface area contributed by atoms with Crippen molar-refractivity contribution in [1.82, 2.24) is 5.32 Å². The lowest BCUT2D eigenvalue weighted by Gasteiger charge is -2.10. The first-order valence-corrected chi connectivity index (χ1v) is 6.99. The summed E-state index contributed by atoms with van der Waals surface area (Å²) in [7, 11) is 0. The molecule has 1 fully saturated rings. The lowest BCUT2D eigenvalue weighted by Crippen LogP contribution is -2.25. The Hall–Kier alpha value is -2.45. The SMILES string of the molecule is CCOC(=O)/C(=C\C(=O)c1c(F)c(F)c(F)c(F)c1F)NC1CC1. The molecule has 0 heterocycles. The van der Waals surface area contributed by atoms with Crippen molar-refractivity contribution < 1.29 is 36.3 Å². The van der Waals surface area contributed by atoms with Crippen molar-refractivity contribution in [3.8, 4) is 0 Å². The fourth-order valence-corrected chi connectivity index (χ4v) is 1.84. The molecule has 2 rings (SSSR count). The molecule has 1 aliphatic carbocycles. The van der Waals surface area contributed by atoms with Gasteiger partial charge in [0.15, 0.2) is 29.1 Å². The van der Waals surface area contributed by atoms with Gasteiger partial charge in [0.05, 0.1) is 12.2 Å². The number of carbonyl (C=O) groups excluding carboxylic acids is 2. The summed E-state index contributed by atoms with van der Waals surface area (Å²) < 4.78 is 71.2. The van der Waals surface area contributed by atoms with Gasteiger partial charge in [-0.2, -0.15) is 0 Å². The van der Waals surface area contributed by atoms with Crippen LogP contribution in [0.4, 0.5) is 22.0 Å². The second-order valence-electron chi connectivity index (χ2n) is 5.01. The summed E-state index contributed by atoms with van der Waals surface area (Å²) in [6, 6.07) is -0.121. The van der Waals surface area contributed by atoms with Gasteiger partial charge in [0.2, 0.25) is 5.82 Å². The minimum Gasteiger partial charge on any atom is -0.461 e. The van der Waals surface area contributed by atoms with E-state index >= 15 is 0 Å². The number of benzene rings is 1. The van der Waals surface area contributed by atoms with Gasteiger partial charge in [-0.15, -0.1) is 0 Å². The number of nitrogens with one attached hydrogen (secondary N) is 1. The van der Waals surface area contributed by atoms with Crippen molar-refractivity contribution in [1.29, 1.82) is 0 Å².